The lowest BCUT2D eigenvalue weighted by atomic mass is 9.74. The van der Waals surface area contributed by atoms with E-state index in [9.17, 15) is 9.90 Å². The van der Waals surface area contributed by atoms with Gasteiger partial charge in [0.25, 0.3) is 0 Å². The van der Waals surface area contributed by atoms with Crippen LogP contribution in [0.5, 0.6) is 0 Å². The molecule has 0 spiro atoms. The number of piperidine rings is 1. The molecule has 0 aromatic carbocycles. The van der Waals surface area contributed by atoms with Crippen LogP contribution in [0.15, 0.2) is 0 Å². The van der Waals surface area contributed by atoms with Gasteiger partial charge in [-0.25, -0.2) is 0 Å². The van der Waals surface area contributed by atoms with E-state index in [2.05, 4.69) is 11.8 Å². The Bertz CT molecular complexity index is 323. The summed E-state index contributed by atoms with van der Waals surface area (Å²) in [6.07, 6.45) is 3.29. The zero-order valence-electron chi connectivity index (χ0n) is 12.4. The summed E-state index contributed by atoms with van der Waals surface area (Å²) in [5.74, 6) is 0.200. The molecule has 4 nitrogen and oxygen atoms in total. The highest BCUT2D eigenvalue weighted by Gasteiger charge is 2.40. The van der Waals surface area contributed by atoms with Crippen molar-refractivity contribution in [3.8, 4) is 0 Å². The van der Waals surface area contributed by atoms with Gasteiger partial charge in [-0.15, -0.1) is 0 Å². The molecule has 0 amide bonds. The lowest BCUT2D eigenvalue weighted by Crippen LogP contribution is -2.49. The molecule has 3 unspecified atom stereocenters. The summed E-state index contributed by atoms with van der Waals surface area (Å²) >= 11 is 0. The molecule has 2 aliphatic rings. The van der Waals surface area contributed by atoms with E-state index < -0.39 is 11.4 Å². The number of carboxylic acid groups (broad SMARTS) is 1. The molecule has 1 N–H and O–H groups in total. The van der Waals surface area contributed by atoms with Crippen LogP contribution < -0.4 is 0 Å². The first kappa shape index (κ1) is 14.8. The van der Waals surface area contributed by atoms with Crippen LogP contribution in [0.25, 0.3) is 0 Å². The standard InChI is InChI=1S/C15H27NO3/c1-11(12-6-8-19-10-12)16-7-4-5-13(9-16)15(2,3)14(17)18/h11-13H,4-10H2,1-3H3,(H,17,18). The largest absolute Gasteiger partial charge is 0.481 e. The molecule has 0 aliphatic carbocycles. The van der Waals surface area contributed by atoms with Gasteiger partial charge in [-0.3, -0.25) is 9.69 Å². The number of hydrogen-bond acceptors (Lipinski definition) is 3. The average molecular weight is 269 g/mol. The molecule has 0 radical (unpaired) electrons. The van der Waals surface area contributed by atoms with E-state index in [1.165, 1.54) is 0 Å². The van der Waals surface area contributed by atoms with Crippen molar-refractivity contribution in [1.29, 1.82) is 0 Å². The van der Waals surface area contributed by atoms with Crippen LogP contribution >= 0.6 is 0 Å². The Hall–Kier alpha value is -0.610. The molecule has 2 fully saturated rings. The predicted molar refractivity (Wildman–Crippen MR) is 74.1 cm³/mol. The third-order valence-corrected chi connectivity index (χ3v) is 5.25. The van der Waals surface area contributed by atoms with Crippen LogP contribution in [0, 0.1) is 17.3 Å². The molecule has 2 rings (SSSR count). The van der Waals surface area contributed by atoms with Crippen molar-refractivity contribution < 1.29 is 14.6 Å². The van der Waals surface area contributed by atoms with Crippen LogP contribution in [0.4, 0.5) is 0 Å². The van der Waals surface area contributed by atoms with Gasteiger partial charge in [0, 0.05) is 19.2 Å². The van der Waals surface area contributed by atoms with Crippen molar-refractivity contribution in [1.82, 2.24) is 4.90 Å². The highest BCUT2D eigenvalue weighted by molar-refractivity contribution is 5.74. The van der Waals surface area contributed by atoms with Gasteiger partial charge in [-0.05, 0) is 58.4 Å². The molecule has 2 saturated heterocycles. The zero-order chi connectivity index (χ0) is 14.0. The monoisotopic (exact) mass is 269 g/mol. The Morgan fingerprint density at radius 2 is 2.16 bits per heavy atom. The van der Waals surface area contributed by atoms with Gasteiger partial charge in [-0.2, -0.15) is 0 Å². The molecule has 0 aromatic heterocycles. The molecule has 0 saturated carbocycles. The summed E-state index contributed by atoms with van der Waals surface area (Å²) in [5.41, 5.74) is -0.620. The van der Waals surface area contributed by atoms with Crippen LogP contribution in [0.3, 0.4) is 0 Å². The van der Waals surface area contributed by atoms with E-state index in [0.717, 1.165) is 45.6 Å². The molecule has 0 aromatic rings. The second kappa shape index (κ2) is 5.80. The number of rotatable bonds is 4. The Morgan fingerprint density at radius 3 is 2.74 bits per heavy atom. The summed E-state index contributed by atoms with van der Waals surface area (Å²) in [4.78, 5) is 13.9. The summed E-state index contributed by atoms with van der Waals surface area (Å²) in [5, 5.41) is 9.39. The summed E-state index contributed by atoms with van der Waals surface area (Å²) in [7, 11) is 0. The summed E-state index contributed by atoms with van der Waals surface area (Å²) in [6.45, 7) is 9.77. The fourth-order valence-corrected chi connectivity index (χ4v) is 3.37. The third-order valence-electron chi connectivity index (χ3n) is 5.25. The fraction of sp³-hybridized carbons (Fsp3) is 0.933. The molecule has 110 valence electrons. The normalized spacial score (nSPS) is 31.3. The Kier molecular flexibility index (Phi) is 4.51. The molecular formula is C15H27NO3. The third kappa shape index (κ3) is 3.11. The van der Waals surface area contributed by atoms with E-state index in [4.69, 9.17) is 4.74 Å². The number of carboxylic acids is 1. The second-order valence-electron chi connectivity index (χ2n) is 6.73. The fourth-order valence-electron chi connectivity index (χ4n) is 3.37. The maximum absolute atomic E-state index is 11.4. The Labute approximate surface area is 116 Å². The smallest absolute Gasteiger partial charge is 0.309 e. The minimum Gasteiger partial charge on any atom is -0.481 e. The van der Waals surface area contributed by atoms with Crippen molar-refractivity contribution in [2.75, 3.05) is 26.3 Å². The lowest BCUT2D eigenvalue weighted by Gasteiger charge is -2.43. The number of likely N-dealkylation sites (tertiary alicyclic amines) is 1. The number of hydrogen-bond donors (Lipinski definition) is 1. The van der Waals surface area contributed by atoms with Gasteiger partial charge in [-0.1, -0.05) is 0 Å². The van der Waals surface area contributed by atoms with E-state index in [1.807, 2.05) is 13.8 Å². The van der Waals surface area contributed by atoms with Gasteiger partial charge in [0.1, 0.15) is 0 Å². The maximum atomic E-state index is 11.4. The number of carbonyl (C=O) groups is 1. The minimum absolute atomic E-state index is 0.253. The first-order chi connectivity index (χ1) is 8.93. The average Bonchev–Trinajstić information content (AvgIpc) is 2.91. The number of nitrogens with zero attached hydrogens (tertiary/aromatic N) is 1. The SMILES string of the molecule is CC(C1CCOC1)N1CCCC(C(C)(C)C(=O)O)C1. The minimum atomic E-state index is -0.670. The van der Waals surface area contributed by atoms with Gasteiger partial charge in [0.15, 0.2) is 0 Å². The van der Waals surface area contributed by atoms with Gasteiger partial charge in [0.05, 0.1) is 12.0 Å². The van der Waals surface area contributed by atoms with Crippen LogP contribution in [-0.4, -0.2) is 48.3 Å². The lowest BCUT2D eigenvalue weighted by molar-refractivity contribution is -0.151. The first-order valence-electron chi connectivity index (χ1n) is 7.48. The van der Waals surface area contributed by atoms with Crippen LogP contribution in [-0.2, 0) is 9.53 Å². The van der Waals surface area contributed by atoms with Crippen molar-refractivity contribution in [2.45, 2.75) is 46.1 Å². The van der Waals surface area contributed by atoms with Crippen molar-refractivity contribution in [2.24, 2.45) is 17.3 Å². The topological polar surface area (TPSA) is 49.8 Å². The molecule has 19 heavy (non-hydrogen) atoms. The predicted octanol–water partition coefficient (Wildman–Crippen LogP) is 2.23. The van der Waals surface area contributed by atoms with Crippen molar-refractivity contribution in [3.63, 3.8) is 0 Å². The van der Waals surface area contributed by atoms with Gasteiger partial charge < -0.3 is 9.84 Å². The molecular weight excluding hydrogens is 242 g/mol. The van der Waals surface area contributed by atoms with Gasteiger partial charge >= 0.3 is 5.97 Å². The van der Waals surface area contributed by atoms with Crippen LogP contribution in [0.2, 0.25) is 0 Å². The molecule has 2 aliphatic heterocycles. The number of ether oxygens (including phenoxy) is 1. The Balaban J connectivity index is 1.98. The Morgan fingerprint density at radius 1 is 1.42 bits per heavy atom. The van der Waals surface area contributed by atoms with E-state index >= 15 is 0 Å². The first-order valence-corrected chi connectivity index (χ1v) is 7.48. The van der Waals surface area contributed by atoms with Crippen molar-refractivity contribution in [3.05, 3.63) is 0 Å². The molecule has 4 heteroatoms. The highest BCUT2D eigenvalue weighted by Crippen LogP contribution is 2.36. The van der Waals surface area contributed by atoms with E-state index in [0.29, 0.717) is 12.0 Å². The molecule has 0 bridgehead atoms. The zero-order valence-corrected chi connectivity index (χ0v) is 12.4. The highest BCUT2D eigenvalue weighted by atomic mass is 16.5. The van der Waals surface area contributed by atoms with Gasteiger partial charge in [0.2, 0.25) is 0 Å². The van der Waals surface area contributed by atoms with E-state index in [-0.39, 0.29) is 5.92 Å². The van der Waals surface area contributed by atoms with E-state index in [1.54, 1.807) is 0 Å². The molecule has 3 atom stereocenters. The van der Waals surface area contributed by atoms with Crippen molar-refractivity contribution >= 4 is 5.97 Å². The summed E-state index contributed by atoms with van der Waals surface area (Å²) in [6, 6.07) is 0.509. The second-order valence-corrected chi connectivity index (χ2v) is 6.73. The maximum Gasteiger partial charge on any atom is 0.309 e. The van der Waals surface area contributed by atoms with Crippen LogP contribution in [0.1, 0.15) is 40.0 Å². The quantitative estimate of drug-likeness (QED) is 0.850. The number of aliphatic carboxylic acids is 1. The molecule has 2 heterocycles. The summed E-state index contributed by atoms with van der Waals surface area (Å²) < 4.78 is 5.48.